The smallest absolute Gasteiger partial charge is 0.00327 e. The van der Waals surface area contributed by atoms with Gasteiger partial charge in [-0.3, -0.25) is 0 Å². The Hall–Kier alpha value is -2.34. The van der Waals surface area contributed by atoms with E-state index in [1.165, 1.54) is 37.9 Å². The number of hydrogen-bond acceptors (Lipinski definition) is 0. The van der Waals surface area contributed by atoms with Gasteiger partial charge in [0, 0.05) is 0 Å². The lowest BCUT2D eigenvalue weighted by molar-refractivity contribution is 1.50. The van der Waals surface area contributed by atoms with Crippen molar-refractivity contribution in [3.63, 3.8) is 0 Å². The van der Waals surface area contributed by atoms with Gasteiger partial charge >= 0.3 is 0 Å². The molecule has 0 fully saturated rings. The summed E-state index contributed by atoms with van der Waals surface area (Å²) in [5, 5.41) is 7.42. The molecule has 0 radical (unpaired) electrons. The van der Waals surface area contributed by atoms with Crippen molar-refractivity contribution < 1.29 is 0 Å². The van der Waals surface area contributed by atoms with Gasteiger partial charge in [-0.2, -0.15) is 0 Å². The van der Waals surface area contributed by atoms with Crippen LogP contribution in [0.2, 0.25) is 0 Å². The third-order valence-electron chi connectivity index (χ3n) is 4.04. The zero-order chi connectivity index (χ0) is 18.3. The average Bonchev–Trinajstić information content (AvgIpc) is 2.64. The van der Waals surface area contributed by atoms with Gasteiger partial charge in [0.15, 0.2) is 0 Å². The topological polar surface area (TPSA) is 0 Å². The van der Waals surface area contributed by atoms with E-state index in [4.69, 9.17) is 0 Å². The normalized spacial score (nSPS) is 10.7. The second-order valence-electron chi connectivity index (χ2n) is 5.16. The fourth-order valence-electron chi connectivity index (χ4n) is 3.17. The van der Waals surface area contributed by atoms with Crippen molar-refractivity contribution in [2.24, 2.45) is 0 Å². The summed E-state index contributed by atoms with van der Waals surface area (Å²) < 4.78 is 0. The highest BCUT2D eigenvalue weighted by Crippen LogP contribution is 2.25. The van der Waals surface area contributed by atoms with Gasteiger partial charge in [-0.25, -0.2) is 0 Å². The highest BCUT2D eigenvalue weighted by Gasteiger charge is 2.09. The minimum atomic E-state index is 1.06. The van der Waals surface area contributed by atoms with Crippen molar-refractivity contribution in [1.82, 2.24) is 0 Å². The van der Waals surface area contributed by atoms with Crippen LogP contribution in [0.25, 0.3) is 40.3 Å². The first-order valence-corrected chi connectivity index (χ1v) is 8.90. The van der Waals surface area contributed by atoms with Crippen molar-refractivity contribution in [2.75, 3.05) is 0 Å². The maximum atomic E-state index is 4.20. The summed E-state index contributed by atoms with van der Waals surface area (Å²) >= 11 is 0. The monoisotopic (exact) mass is 318 g/mol. The van der Waals surface area contributed by atoms with Crippen molar-refractivity contribution in [3.05, 3.63) is 64.5 Å². The molecule has 0 nitrogen and oxygen atoms in total. The van der Waals surface area contributed by atoms with Crippen LogP contribution in [0.15, 0.2) is 43.0 Å². The van der Waals surface area contributed by atoms with Crippen LogP contribution in [-0.2, 0) is 0 Å². The molecule has 0 amide bonds. The molecule has 0 heterocycles. The molecule has 3 rings (SSSR count). The summed E-state index contributed by atoms with van der Waals surface area (Å²) in [7, 11) is 0. The molecular weight excluding hydrogens is 288 g/mol. The van der Waals surface area contributed by atoms with Gasteiger partial charge in [-0.1, -0.05) is 89.4 Å². The predicted molar refractivity (Wildman–Crippen MR) is 114 cm³/mol. The summed E-state index contributed by atoms with van der Waals surface area (Å²) in [6.07, 6.45) is 4.15. The Kier molecular flexibility index (Phi) is 7.45. The van der Waals surface area contributed by atoms with Crippen LogP contribution in [0.3, 0.4) is 0 Å². The van der Waals surface area contributed by atoms with Crippen LogP contribution in [0.1, 0.15) is 45.7 Å². The molecule has 0 aliphatic carbocycles. The number of hydrogen-bond donors (Lipinski definition) is 0. The Balaban J connectivity index is 0.000000671. The van der Waals surface area contributed by atoms with E-state index in [2.05, 4.69) is 69.5 Å². The van der Waals surface area contributed by atoms with Gasteiger partial charge < -0.3 is 0 Å². The third-order valence-corrected chi connectivity index (χ3v) is 4.04. The van der Waals surface area contributed by atoms with Gasteiger partial charge in [0.1, 0.15) is 0 Å². The minimum Gasteiger partial charge on any atom is -0.0984 e. The Labute approximate surface area is 146 Å². The van der Waals surface area contributed by atoms with E-state index in [-0.39, 0.29) is 0 Å². The van der Waals surface area contributed by atoms with E-state index in [0.717, 1.165) is 5.22 Å². The molecule has 0 bridgehead atoms. The Morgan fingerprint density at radius 1 is 0.833 bits per heavy atom. The van der Waals surface area contributed by atoms with Crippen LogP contribution >= 0.6 is 0 Å². The van der Waals surface area contributed by atoms with Gasteiger partial charge in [0.05, 0.1) is 0 Å². The number of benzene rings is 3. The Morgan fingerprint density at radius 3 is 2.00 bits per heavy atom. The van der Waals surface area contributed by atoms with Crippen molar-refractivity contribution in [1.29, 1.82) is 0 Å². The summed E-state index contributed by atoms with van der Waals surface area (Å²) in [5.74, 6) is 0. The van der Waals surface area contributed by atoms with Crippen LogP contribution in [-0.4, -0.2) is 0 Å². The molecule has 0 atom stereocenters. The lowest BCUT2D eigenvalue weighted by Gasteiger charge is -2.12. The molecule has 0 aromatic heterocycles. The molecule has 0 heteroatoms. The molecule has 126 valence electrons. The van der Waals surface area contributed by atoms with E-state index in [0.29, 0.717) is 0 Å². The Morgan fingerprint density at radius 2 is 1.42 bits per heavy atom. The van der Waals surface area contributed by atoms with Gasteiger partial charge in [-0.05, 0) is 57.0 Å². The highest BCUT2D eigenvalue weighted by molar-refractivity contribution is 6.08. The molecule has 3 aromatic rings. The fourth-order valence-corrected chi connectivity index (χ4v) is 3.17. The van der Waals surface area contributed by atoms with E-state index in [1.807, 2.05) is 33.8 Å². The van der Waals surface area contributed by atoms with E-state index in [1.54, 1.807) is 0 Å². The molecule has 0 aliphatic rings. The molecule has 0 spiro atoms. The Bertz CT molecular complexity index is 943. The first-order valence-electron chi connectivity index (χ1n) is 8.90. The second kappa shape index (κ2) is 9.08. The number of aryl methyl sites for hydroxylation is 1. The van der Waals surface area contributed by atoms with Crippen molar-refractivity contribution >= 4 is 40.3 Å². The van der Waals surface area contributed by atoms with Crippen molar-refractivity contribution in [3.8, 4) is 0 Å². The maximum Gasteiger partial charge on any atom is -0.00327 e. The van der Waals surface area contributed by atoms with Crippen LogP contribution in [0, 0.1) is 6.92 Å². The second-order valence-corrected chi connectivity index (χ2v) is 5.16. The van der Waals surface area contributed by atoms with Gasteiger partial charge in [0.25, 0.3) is 0 Å². The molecule has 0 N–H and O–H groups in total. The van der Waals surface area contributed by atoms with Crippen LogP contribution in [0.5, 0.6) is 0 Å². The quantitative estimate of drug-likeness (QED) is 0.468. The zero-order valence-corrected chi connectivity index (χ0v) is 16.0. The van der Waals surface area contributed by atoms with Gasteiger partial charge in [-0.15, -0.1) is 0 Å². The summed E-state index contributed by atoms with van der Waals surface area (Å²) in [4.78, 5) is 0. The third kappa shape index (κ3) is 3.28. The van der Waals surface area contributed by atoms with Crippen LogP contribution < -0.4 is 10.4 Å². The molecule has 0 saturated carbocycles. The van der Waals surface area contributed by atoms with E-state index >= 15 is 0 Å². The minimum absolute atomic E-state index is 1.06. The first-order chi connectivity index (χ1) is 11.7. The van der Waals surface area contributed by atoms with Crippen molar-refractivity contribution in [2.45, 2.75) is 41.5 Å². The average molecular weight is 319 g/mol. The van der Waals surface area contributed by atoms with E-state index < -0.39 is 0 Å². The maximum absolute atomic E-state index is 4.20. The zero-order valence-electron chi connectivity index (χ0n) is 16.0. The lowest BCUT2D eigenvalue weighted by atomic mass is 9.91. The molecular formula is C24H30. The first kappa shape index (κ1) is 19.7. The SMILES string of the molecule is C=Cc1c2cccc(C)c2/c(=C\C)c2cccc(=C)c12.CC.CC. The van der Waals surface area contributed by atoms with Gasteiger partial charge in [0.2, 0.25) is 0 Å². The standard InChI is InChI=1S/C20H18.2C2H6/c1-5-15-17-11-7-10-14(4)20(17)16(6-2)18-12-8-9-13(3)19(15)18;2*1-2/h5-12H,1,3H2,2,4H3;2*1-2H3/b16-6-;;. The van der Waals surface area contributed by atoms with E-state index in [9.17, 15) is 0 Å². The molecule has 0 aliphatic heterocycles. The molecule has 24 heavy (non-hydrogen) atoms. The molecule has 3 aromatic carbocycles. The number of rotatable bonds is 1. The summed E-state index contributed by atoms with van der Waals surface area (Å²) in [5.41, 5.74) is 2.49. The lowest BCUT2D eigenvalue weighted by Crippen LogP contribution is -2.12. The fraction of sp³-hybridized carbons (Fsp3) is 0.250. The predicted octanol–water partition coefficient (Wildman–Crippen LogP) is 6.21. The van der Waals surface area contributed by atoms with Crippen LogP contribution in [0.4, 0.5) is 0 Å². The number of fused-ring (bicyclic) bond motifs is 2. The summed E-state index contributed by atoms with van der Waals surface area (Å²) in [6, 6.07) is 12.8. The summed E-state index contributed by atoms with van der Waals surface area (Å²) in [6.45, 7) is 20.5. The largest absolute Gasteiger partial charge is 0.0984 e. The highest BCUT2D eigenvalue weighted by atomic mass is 14.1. The molecule has 0 saturated heterocycles. The molecule has 0 unspecified atom stereocenters.